The fourth-order valence-corrected chi connectivity index (χ4v) is 5.28. The van der Waals surface area contributed by atoms with E-state index in [-0.39, 0.29) is 11.9 Å². The first kappa shape index (κ1) is 42.0. The number of rotatable bonds is 14. The maximum atomic E-state index is 14.7. The molecule has 2 N–H and O–H groups in total. The van der Waals surface area contributed by atoms with Crippen LogP contribution in [0.4, 0.5) is 10.2 Å². The summed E-state index contributed by atoms with van der Waals surface area (Å²) in [4.78, 5) is 9.54. The number of aryl methyl sites for hydroxylation is 3. The Hall–Kier alpha value is -3.02. The molecule has 1 atom stereocenters. The van der Waals surface area contributed by atoms with Crippen LogP contribution in [0, 0.1) is 11.7 Å². The Morgan fingerprint density at radius 2 is 1.72 bits per heavy atom. The highest BCUT2D eigenvalue weighted by atomic mass is 19.1. The number of hydrogen-bond acceptors (Lipinski definition) is 5. The molecule has 1 saturated heterocycles. The molecule has 4 rings (SSSR count). The van der Waals surface area contributed by atoms with Crippen molar-refractivity contribution in [1.29, 1.82) is 0 Å². The van der Waals surface area contributed by atoms with Crippen LogP contribution in [0.5, 0.6) is 0 Å². The van der Waals surface area contributed by atoms with Crippen LogP contribution in [0.3, 0.4) is 0 Å². The Morgan fingerprint density at radius 1 is 1.02 bits per heavy atom. The minimum absolute atomic E-state index is 0.00755. The minimum atomic E-state index is -0.124. The second-order valence-corrected chi connectivity index (χ2v) is 12.8. The van der Waals surface area contributed by atoms with Crippen LogP contribution in [0.25, 0.3) is 0 Å². The molecule has 1 aromatic carbocycles. The summed E-state index contributed by atoms with van der Waals surface area (Å²) in [5.41, 5.74) is 5.21. The molecule has 2 aliphatic heterocycles. The van der Waals surface area contributed by atoms with Crippen molar-refractivity contribution in [1.82, 2.24) is 20.1 Å². The average Bonchev–Trinajstić information content (AvgIpc) is 3.46. The van der Waals surface area contributed by atoms with Gasteiger partial charge in [0.15, 0.2) is 0 Å². The Labute approximate surface area is 289 Å². The van der Waals surface area contributed by atoms with Crippen molar-refractivity contribution in [2.75, 3.05) is 38.0 Å². The van der Waals surface area contributed by atoms with Gasteiger partial charge in [0.05, 0.1) is 11.9 Å². The van der Waals surface area contributed by atoms with Crippen LogP contribution in [-0.4, -0.2) is 47.5 Å². The lowest BCUT2D eigenvalue weighted by atomic mass is 9.98. The van der Waals surface area contributed by atoms with Crippen LogP contribution in [0.1, 0.15) is 136 Å². The van der Waals surface area contributed by atoms with Gasteiger partial charge in [-0.3, -0.25) is 0 Å². The predicted molar refractivity (Wildman–Crippen MR) is 204 cm³/mol. The molecule has 0 radical (unpaired) electrons. The molecule has 0 saturated carbocycles. The lowest BCUT2D eigenvalue weighted by Crippen LogP contribution is -2.29. The summed E-state index contributed by atoms with van der Waals surface area (Å²) in [7, 11) is 0. The van der Waals surface area contributed by atoms with Gasteiger partial charge in [-0.15, -0.1) is 0 Å². The molecule has 1 aromatic heterocycles. The van der Waals surface area contributed by atoms with Gasteiger partial charge in [0.1, 0.15) is 11.6 Å². The molecule has 47 heavy (non-hydrogen) atoms. The second-order valence-electron chi connectivity index (χ2n) is 12.8. The average molecular weight is 652 g/mol. The van der Waals surface area contributed by atoms with Gasteiger partial charge in [0.25, 0.3) is 0 Å². The van der Waals surface area contributed by atoms with Gasteiger partial charge < -0.3 is 20.4 Å². The number of halogens is 1. The number of nitrogens with zero attached hydrogens (tertiary/aromatic N) is 3. The monoisotopic (exact) mass is 652 g/mol. The van der Waals surface area contributed by atoms with Crippen molar-refractivity contribution in [3.05, 3.63) is 83.2 Å². The molecule has 0 amide bonds. The van der Waals surface area contributed by atoms with Crippen LogP contribution >= 0.6 is 0 Å². The number of anilines is 1. The molecule has 0 bridgehead atoms. The van der Waals surface area contributed by atoms with Crippen LogP contribution < -0.4 is 10.6 Å². The van der Waals surface area contributed by atoms with Crippen molar-refractivity contribution in [2.45, 2.75) is 133 Å². The zero-order valence-electron chi connectivity index (χ0n) is 31.8. The number of fused-ring (bicyclic) bond motifs is 1. The number of hydrogen-bond donors (Lipinski definition) is 2. The molecule has 0 spiro atoms. The molecule has 1 fully saturated rings. The van der Waals surface area contributed by atoms with Gasteiger partial charge in [-0.05, 0) is 73.3 Å². The number of pyridine rings is 1. The molecular weight excluding hydrogens is 581 g/mol. The molecule has 0 aliphatic carbocycles. The van der Waals surface area contributed by atoms with Crippen LogP contribution in [-0.2, 0) is 19.3 Å². The van der Waals surface area contributed by atoms with E-state index in [4.69, 9.17) is 4.98 Å². The van der Waals surface area contributed by atoms with Gasteiger partial charge in [0.2, 0.25) is 0 Å². The Bertz CT molecular complexity index is 1160. The summed E-state index contributed by atoms with van der Waals surface area (Å²) in [6, 6.07) is 10.1. The standard InChI is InChI=1S/C30H42FN5.C5H12.C4H10.C2H6/c1-5-15-32-22(3)20-29(26-12-11-24(6-2)28(31)21-26)36-19-18-35(23(36)4)17-8-10-27-14-13-25-9-7-16-33-30(25)34-27;1-4-5(2)3;1-3-4-2;1-2/h11-14,21,29,32H,3-10,15-20H2,1-2H3,(H,33,34);5H,4H2,1-3H3;3-4H2,1-2H3;1-2H3. The van der Waals surface area contributed by atoms with E-state index in [1.807, 2.05) is 26.8 Å². The quantitative estimate of drug-likeness (QED) is 0.213. The maximum Gasteiger partial charge on any atom is 0.129 e. The summed E-state index contributed by atoms with van der Waals surface area (Å²) in [6.07, 6.45) is 10.7. The predicted octanol–water partition coefficient (Wildman–Crippen LogP) is 10.7. The van der Waals surface area contributed by atoms with E-state index in [0.717, 1.165) is 105 Å². The van der Waals surface area contributed by atoms with Crippen molar-refractivity contribution in [3.63, 3.8) is 0 Å². The number of benzene rings is 1. The SMILES string of the molecule is C=C(CC(c1ccc(CC)c(F)c1)N1CCN(CCCc2ccc3c(n2)NCCC3)C1=C)NCCC.CC.CCC(C)C.CCCC. The fourth-order valence-electron chi connectivity index (χ4n) is 5.28. The van der Waals surface area contributed by atoms with Crippen molar-refractivity contribution < 1.29 is 4.39 Å². The van der Waals surface area contributed by atoms with E-state index in [9.17, 15) is 4.39 Å². The Morgan fingerprint density at radius 3 is 2.32 bits per heavy atom. The van der Waals surface area contributed by atoms with E-state index in [0.29, 0.717) is 6.42 Å². The third-order valence-corrected chi connectivity index (χ3v) is 8.72. The first-order valence-electron chi connectivity index (χ1n) is 18.8. The van der Waals surface area contributed by atoms with Crippen LogP contribution in [0.2, 0.25) is 0 Å². The molecule has 2 aromatic rings. The lowest BCUT2D eigenvalue weighted by Gasteiger charge is -2.33. The molecular formula is C41H70FN5. The van der Waals surface area contributed by atoms with E-state index >= 15 is 0 Å². The molecule has 1 unspecified atom stereocenters. The Balaban J connectivity index is 0.000000877. The highest BCUT2D eigenvalue weighted by Crippen LogP contribution is 2.34. The van der Waals surface area contributed by atoms with E-state index < -0.39 is 0 Å². The number of nitrogens with one attached hydrogen (secondary N) is 2. The highest BCUT2D eigenvalue weighted by Gasteiger charge is 2.30. The minimum Gasteiger partial charge on any atom is -0.389 e. The van der Waals surface area contributed by atoms with Gasteiger partial charge in [-0.1, -0.05) is 113 Å². The van der Waals surface area contributed by atoms with Gasteiger partial charge in [0, 0.05) is 50.5 Å². The van der Waals surface area contributed by atoms with Crippen molar-refractivity contribution >= 4 is 5.82 Å². The highest BCUT2D eigenvalue weighted by molar-refractivity contribution is 5.47. The van der Waals surface area contributed by atoms with Crippen LogP contribution in [0.15, 0.2) is 55.0 Å². The van der Waals surface area contributed by atoms with Gasteiger partial charge >= 0.3 is 0 Å². The molecule has 2 aliphatic rings. The van der Waals surface area contributed by atoms with Crippen molar-refractivity contribution in [3.8, 4) is 0 Å². The topological polar surface area (TPSA) is 43.4 Å². The summed E-state index contributed by atoms with van der Waals surface area (Å²) >= 11 is 0. The van der Waals surface area contributed by atoms with E-state index in [1.165, 1.54) is 31.2 Å². The lowest BCUT2D eigenvalue weighted by molar-refractivity contribution is 0.262. The summed E-state index contributed by atoms with van der Waals surface area (Å²) in [5, 5.41) is 6.86. The van der Waals surface area contributed by atoms with Crippen molar-refractivity contribution in [2.24, 2.45) is 5.92 Å². The summed E-state index contributed by atoms with van der Waals surface area (Å²) in [6.45, 7) is 32.5. The first-order chi connectivity index (χ1) is 22.7. The molecule has 6 heteroatoms. The number of aromatic nitrogens is 1. The third kappa shape index (κ3) is 14.7. The number of unbranched alkanes of at least 4 members (excludes halogenated alkanes) is 1. The maximum absolute atomic E-state index is 14.7. The van der Waals surface area contributed by atoms with Gasteiger partial charge in [-0.25, -0.2) is 9.37 Å². The summed E-state index contributed by atoms with van der Waals surface area (Å²) < 4.78 is 14.7. The van der Waals surface area contributed by atoms with E-state index in [2.05, 4.69) is 93.3 Å². The molecule has 266 valence electrons. The molecule has 5 nitrogen and oxygen atoms in total. The van der Waals surface area contributed by atoms with E-state index in [1.54, 1.807) is 6.07 Å². The summed E-state index contributed by atoms with van der Waals surface area (Å²) in [5.74, 6) is 2.84. The smallest absolute Gasteiger partial charge is 0.129 e. The zero-order chi connectivity index (χ0) is 35.2. The largest absolute Gasteiger partial charge is 0.389 e. The third-order valence-electron chi connectivity index (χ3n) is 8.72. The zero-order valence-corrected chi connectivity index (χ0v) is 31.8. The fraction of sp³-hybridized carbons (Fsp3) is 0.634. The second kappa shape index (κ2) is 24.2. The normalized spacial score (nSPS) is 14.1. The first-order valence-corrected chi connectivity index (χ1v) is 18.8. The molecule has 3 heterocycles. The van der Waals surface area contributed by atoms with Gasteiger partial charge in [-0.2, -0.15) is 0 Å². The Kier molecular flexibility index (Phi) is 21.6.